The molecule has 2 heterocycles. The molecule has 6 nitrogen and oxygen atoms in total. The second kappa shape index (κ2) is 6.16. The first-order valence-electron chi connectivity index (χ1n) is 7.72. The monoisotopic (exact) mass is 334 g/mol. The number of ether oxygens (including phenoxy) is 1. The lowest BCUT2D eigenvalue weighted by atomic mass is 10.1. The molecule has 4 rings (SSSR count). The molecular weight excluding hydrogens is 320 g/mol. The van der Waals surface area contributed by atoms with Crippen LogP contribution in [-0.4, -0.2) is 18.4 Å². The fourth-order valence-corrected chi connectivity index (χ4v) is 2.68. The van der Waals surface area contributed by atoms with E-state index in [1.165, 1.54) is 6.26 Å². The summed E-state index contributed by atoms with van der Waals surface area (Å²) < 4.78 is 10.7. The van der Waals surface area contributed by atoms with E-state index in [9.17, 15) is 9.59 Å². The average molecular weight is 334 g/mol. The number of rotatable bonds is 3. The predicted molar refractivity (Wildman–Crippen MR) is 92.7 cm³/mol. The third-order valence-electron chi connectivity index (χ3n) is 3.83. The Bertz CT molecular complexity index is 947. The molecule has 1 aliphatic heterocycles. The molecule has 1 aliphatic rings. The minimum Gasteiger partial charge on any atom is -0.482 e. The summed E-state index contributed by atoms with van der Waals surface area (Å²) in [7, 11) is 0. The molecule has 0 saturated heterocycles. The van der Waals surface area contributed by atoms with E-state index in [0.29, 0.717) is 22.7 Å². The Labute approximate surface area is 143 Å². The topological polar surface area (TPSA) is 80.6 Å². The van der Waals surface area contributed by atoms with Gasteiger partial charge in [-0.3, -0.25) is 9.59 Å². The zero-order valence-electron chi connectivity index (χ0n) is 13.1. The van der Waals surface area contributed by atoms with Crippen molar-refractivity contribution in [3.05, 3.63) is 66.6 Å². The Morgan fingerprint density at radius 2 is 1.92 bits per heavy atom. The van der Waals surface area contributed by atoms with E-state index in [4.69, 9.17) is 9.15 Å². The summed E-state index contributed by atoms with van der Waals surface area (Å²) in [6.07, 6.45) is 1.48. The number of carbonyl (C=O) groups is 2. The van der Waals surface area contributed by atoms with Crippen molar-refractivity contribution in [1.82, 2.24) is 0 Å². The van der Waals surface area contributed by atoms with Crippen LogP contribution in [0.5, 0.6) is 5.75 Å². The molecule has 1 aromatic heterocycles. The van der Waals surface area contributed by atoms with Gasteiger partial charge in [0.2, 0.25) is 0 Å². The van der Waals surface area contributed by atoms with Gasteiger partial charge in [-0.2, -0.15) is 0 Å². The maximum Gasteiger partial charge on any atom is 0.292 e. The number of fused-ring (bicyclic) bond motifs is 1. The number of benzene rings is 2. The van der Waals surface area contributed by atoms with Gasteiger partial charge in [-0.25, -0.2) is 0 Å². The maximum absolute atomic E-state index is 12.6. The average Bonchev–Trinajstić information content (AvgIpc) is 3.12. The number of amides is 2. The molecule has 0 atom stereocenters. The minimum atomic E-state index is -0.369. The van der Waals surface area contributed by atoms with Gasteiger partial charge in [-0.05, 0) is 29.8 Å². The number of nitrogens with one attached hydrogen (secondary N) is 2. The fourth-order valence-electron chi connectivity index (χ4n) is 2.68. The van der Waals surface area contributed by atoms with Crippen LogP contribution in [0, 0.1) is 0 Å². The second-order valence-corrected chi connectivity index (χ2v) is 5.53. The van der Waals surface area contributed by atoms with Crippen molar-refractivity contribution in [2.75, 3.05) is 17.2 Å². The second-order valence-electron chi connectivity index (χ2n) is 5.53. The molecule has 0 unspecified atom stereocenters. The Balaban J connectivity index is 1.59. The molecule has 0 saturated carbocycles. The lowest BCUT2D eigenvalue weighted by Gasteiger charge is -2.18. The van der Waals surface area contributed by atoms with Gasteiger partial charge in [0.1, 0.15) is 5.75 Å². The van der Waals surface area contributed by atoms with E-state index in [2.05, 4.69) is 10.6 Å². The standard InChI is InChI=1S/C19H14N2O4/c22-17-11-25-16-7-6-13(10-15(16)21-17)20-19(23)18-14(8-9-24-18)12-4-2-1-3-5-12/h1-10H,11H2,(H,20,23)(H,21,22). The Hall–Kier alpha value is -3.54. The fraction of sp³-hybridized carbons (Fsp3) is 0.0526. The summed E-state index contributed by atoms with van der Waals surface area (Å²) in [5.41, 5.74) is 2.67. The number of furan rings is 1. The summed E-state index contributed by atoms with van der Waals surface area (Å²) in [6.45, 7) is -0.00840. The lowest BCUT2D eigenvalue weighted by Crippen LogP contribution is -2.25. The number of carbonyl (C=O) groups excluding carboxylic acids is 2. The van der Waals surface area contributed by atoms with Crippen LogP contribution in [0.4, 0.5) is 11.4 Å². The van der Waals surface area contributed by atoms with E-state index >= 15 is 0 Å². The van der Waals surface area contributed by atoms with E-state index in [-0.39, 0.29) is 24.2 Å². The van der Waals surface area contributed by atoms with Crippen LogP contribution < -0.4 is 15.4 Å². The van der Waals surface area contributed by atoms with Gasteiger partial charge < -0.3 is 19.8 Å². The summed E-state index contributed by atoms with van der Waals surface area (Å²) in [6, 6.07) is 16.3. The van der Waals surface area contributed by atoms with Crippen molar-refractivity contribution in [2.45, 2.75) is 0 Å². The molecule has 0 radical (unpaired) electrons. The van der Waals surface area contributed by atoms with Crippen LogP contribution in [0.2, 0.25) is 0 Å². The molecule has 0 aliphatic carbocycles. The van der Waals surface area contributed by atoms with Crippen LogP contribution in [0.3, 0.4) is 0 Å². The third-order valence-corrected chi connectivity index (χ3v) is 3.83. The Kier molecular flexibility index (Phi) is 3.70. The molecule has 3 aromatic rings. The first-order chi connectivity index (χ1) is 12.2. The van der Waals surface area contributed by atoms with Crippen molar-refractivity contribution >= 4 is 23.2 Å². The SMILES string of the molecule is O=C1COc2ccc(NC(=O)c3occc3-c3ccccc3)cc2N1. The zero-order valence-corrected chi connectivity index (χ0v) is 13.1. The van der Waals surface area contributed by atoms with Gasteiger partial charge in [0.05, 0.1) is 12.0 Å². The maximum atomic E-state index is 12.6. The van der Waals surface area contributed by atoms with E-state index in [1.54, 1.807) is 24.3 Å². The van der Waals surface area contributed by atoms with Crippen LogP contribution in [0.25, 0.3) is 11.1 Å². The minimum absolute atomic E-state index is 0.00840. The molecule has 0 spiro atoms. The quantitative estimate of drug-likeness (QED) is 0.768. The van der Waals surface area contributed by atoms with Crippen LogP contribution in [-0.2, 0) is 4.79 Å². The van der Waals surface area contributed by atoms with Gasteiger partial charge in [0.25, 0.3) is 11.8 Å². The highest BCUT2D eigenvalue weighted by atomic mass is 16.5. The molecule has 25 heavy (non-hydrogen) atoms. The van der Waals surface area contributed by atoms with E-state index < -0.39 is 0 Å². The van der Waals surface area contributed by atoms with Gasteiger partial charge >= 0.3 is 0 Å². The smallest absolute Gasteiger partial charge is 0.292 e. The summed E-state index contributed by atoms with van der Waals surface area (Å²) in [5, 5.41) is 5.49. The Morgan fingerprint density at radius 3 is 2.76 bits per heavy atom. The summed E-state index contributed by atoms with van der Waals surface area (Å²) in [4.78, 5) is 24.0. The van der Waals surface area contributed by atoms with Gasteiger partial charge in [-0.15, -0.1) is 0 Å². The molecule has 2 N–H and O–H groups in total. The largest absolute Gasteiger partial charge is 0.482 e. The van der Waals surface area contributed by atoms with Gasteiger partial charge in [0, 0.05) is 11.3 Å². The van der Waals surface area contributed by atoms with E-state index in [0.717, 1.165) is 5.56 Å². The number of hydrogen-bond acceptors (Lipinski definition) is 4. The zero-order chi connectivity index (χ0) is 17.2. The highest BCUT2D eigenvalue weighted by Crippen LogP contribution is 2.31. The van der Waals surface area contributed by atoms with Crippen LogP contribution in [0.15, 0.2) is 65.3 Å². The third kappa shape index (κ3) is 2.97. The van der Waals surface area contributed by atoms with E-state index in [1.807, 2.05) is 30.3 Å². The van der Waals surface area contributed by atoms with Crippen molar-refractivity contribution in [2.24, 2.45) is 0 Å². The highest BCUT2D eigenvalue weighted by molar-refractivity contribution is 6.07. The first kappa shape index (κ1) is 15.0. The first-order valence-corrected chi connectivity index (χ1v) is 7.72. The molecule has 0 bridgehead atoms. The van der Waals surface area contributed by atoms with Crippen molar-refractivity contribution in [3.63, 3.8) is 0 Å². The number of anilines is 2. The Morgan fingerprint density at radius 1 is 1.08 bits per heavy atom. The van der Waals surface area contributed by atoms with Gasteiger partial charge in [0.15, 0.2) is 12.4 Å². The van der Waals surface area contributed by atoms with Gasteiger partial charge in [-0.1, -0.05) is 30.3 Å². The normalized spacial score (nSPS) is 12.7. The summed E-state index contributed by atoms with van der Waals surface area (Å²) in [5.74, 6) is 0.199. The van der Waals surface area contributed by atoms with Crippen molar-refractivity contribution in [3.8, 4) is 16.9 Å². The van der Waals surface area contributed by atoms with Crippen LogP contribution >= 0.6 is 0 Å². The molecular formula is C19H14N2O4. The van der Waals surface area contributed by atoms with Crippen LogP contribution in [0.1, 0.15) is 10.6 Å². The number of hydrogen-bond donors (Lipinski definition) is 2. The molecule has 124 valence electrons. The van der Waals surface area contributed by atoms with Crippen molar-refractivity contribution < 1.29 is 18.7 Å². The molecule has 2 amide bonds. The lowest BCUT2D eigenvalue weighted by molar-refractivity contribution is -0.118. The van der Waals surface area contributed by atoms with Crippen molar-refractivity contribution in [1.29, 1.82) is 0 Å². The highest BCUT2D eigenvalue weighted by Gasteiger charge is 2.19. The predicted octanol–water partition coefficient (Wildman–Crippen LogP) is 3.53. The molecule has 6 heteroatoms. The molecule has 2 aromatic carbocycles. The molecule has 0 fully saturated rings. The summed E-state index contributed by atoms with van der Waals surface area (Å²) >= 11 is 0.